The van der Waals surface area contributed by atoms with Crippen LogP contribution in [0.3, 0.4) is 0 Å². The van der Waals surface area contributed by atoms with Gasteiger partial charge in [0.15, 0.2) is 0 Å². The summed E-state index contributed by atoms with van der Waals surface area (Å²) in [5.74, 6) is 2.87. The molecule has 0 radical (unpaired) electrons. The van der Waals surface area contributed by atoms with E-state index in [0.29, 0.717) is 6.54 Å². The summed E-state index contributed by atoms with van der Waals surface area (Å²) in [7, 11) is 0. The van der Waals surface area contributed by atoms with E-state index in [9.17, 15) is 0 Å². The average Bonchev–Trinajstić information content (AvgIpc) is 2.95. The van der Waals surface area contributed by atoms with Gasteiger partial charge in [-0.05, 0) is 18.6 Å². The molecule has 6 nitrogen and oxygen atoms in total. The summed E-state index contributed by atoms with van der Waals surface area (Å²) in [5.41, 5.74) is 6.75. The number of hydrogen-bond donors (Lipinski definition) is 1. The van der Waals surface area contributed by atoms with Crippen molar-refractivity contribution in [2.24, 2.45) is 5.73 Å². The Morgan fingerprint density at radius 1 is 1.44 bits per heavy atom. The number of nitrogens with zero attached hydrogens (tertiary/aromatic N) is 4. The number of aryl methyl sites for hydroxylation is 1. The molecule has 0 saturated carbocycles. The van der Waals surface area contributed by atoms with E-state index in [1.54, 1.807) is 6.33 Å². The Morgan fingerprint density at radius 2 is 2.33 bits per heavy atom. The molecule has 0 saturated heterocycles. The smallest absolute Gasteiger partial charge is 0.147 e. The van der Waals surface area contributed by atoms with Crippen LogP contribution in [0.15, 0.2) is 16.8 Å². The lowest BCUT2D eigenvalue weighted by Crippen LogP contribution is -2.33. The van der Waals surface area contributed by atoms with Crippen molar-refractivity contribution in [1.29, 1.82) is 0 Å². The molecule has 0 aromatic carbocycles. The van der Waals surface area contributed by atoms with Crippen LogP contribution in [0.25, 0.3) is 0 Å². The minimum Gasteiger partial charge on any atom is -0.463 e. The van der Waals surface area contributed by atoms with E-state index in [-0.39, 0.29) is 0 Å². The van der Waals surface area contributed by atoms with Gasteiger partial charge in [0, 0.05) is 13.1 Å². The van der Waals surface area contributed by atoms with Crippen LogP contribution < -0.4 is 5.73 Å². The fourth-order valence-electron chi connectivity index (χ4n) is 2.34. The molecule has 2 aromatic rings. The normalized spacial score (nSPS) is 15.9. The second-order valence-electron chi connectivity index (χ2n) is 4.67. The lowest BCUT2D eigenvalue weighted by atomic mass is 10.2. The Balaban J connectivity index is 1.70. The van der Waals surface area contributed by atoms with Gasteiger partial charge in [0.05, 0.1) is 19.6 Å². The van der Waals surface area contributed by atoms with Gasteiger partial charge in [0.25, 0.3) is 0 Å². The maximum absolute atomic E-state index is 5.73. The van der Waals surface area contributed by atoms with Crippen LogP contribution in [0.4, 0.5) is 0 Å². The highest BCUT2D eigenvalue weighted by Gasteiger charge is 2.19. The van der Waals surface area contributed by atoms with E-state index >= 15 is 0 Å². The van der Waals surface area contributed by atoms with Gasteiger partial charge in [-0.15, -0.1) is 10.2 Å². The monoisotopic (exact) mass is 247 g/mol. The van der Waals surface area contributed by atoms with Gasteiger partial charge in [-0.2, -0.15) is 0 Å². The molecule has 6 heteroatoms. The number of aromatic nitrogens is 3. The summed E-state index contributed by atoms with van der Waals surface area (Å²) in [5, 5.41) is 8.03. The van der Waals surface area contributed by atoms with Crippen LogP contribution >= 0.6 is 0 Å². The lowest BCUT2D eigenvalue weighted by molar-refractivity contribution is 0.192. The van der Waals surface area contributed by atoms with E-state index in [4.69, 9.17) is 10.2 Å². The Kier molecular flexibility index (Phi) is 2.89. The summed E-state index contributed by atoms with van der Waals surface area (Å²) in [6.45, 7) is 6.03. The minimum absolute atomic E-state index is 0.458. The zero-order valence-corrected chi connectivity index (χ0v) is 10.5. The van der Waals surface area contributed by atoms with Crippen molar-refractivity contribution in [1.82, 2.24) is 19.7 Å². The molecule has 0 fully saturated rings. The number of furan rings is 1. The third-order valence-corrected chi connectivity index (χ3v) is 3.35. The predicted molar refractivity (Wildman–Crippen MR) is 65.5 cm³/mol. The SMILES string of the molecule is Cc1cc(CN2CCn3cnnc3C2)oc1CN. The Morgan fingerprint density at radius 3 is 3.11 bits per heavy atom. The molecule has 1 aliphatic rings. The molecule has 96 valence electrons. The van der Waals surface area contributed by atoms with Crippen molar-refractivity contribution in [2.45, 2.75) is 33.1 Å². The summed E-state index contributed by atoms with van der Waals surface area (Å²) in [6.07, 6.45) is 1.79. The number of fused-ring (bicyclic) bond motifs is 1. The fourth-order valence-corrected chi connectivity index (χ4v) is 2.34. The fraction of sp³-hybridized carbons (Fsp3) is 0.500. The Bertz CT molecular complexity index is 544. The number of rotatable bonds is 3. The largest absolute Gasteiger partial charge is 0.463 e. The molecule has 0 unspecified atom stereocenters. The van der Waals surface area contributed by atoms with Crippen molar-refractivity contribution in [3.05, 3.63) is 35.3 Å². The van der Waals surface area contributed by atoms with E-state index in [0.717, 1.165) is 49.1 Å². The second kappa shape index (κ2) is 4.55. The number of hydrogen-bond acceptors (Lipinski definition) is 5. The van der Waals surface area contributed by atoms with Crippen LogP contribution in [-0.2, 0) is 26.2 Å². The van der Waals surface area contributed by atoms with E-state index in [1.165, 1.54) is 0 Å². The highest BCUT2D eigenvalue weighted by molar-refractivity contribution is 5.19. The van der Waals surface area contributed by atoms with Gasteiger partial charge >= 0.3 is 0 Å². The maximum Gasteiger partial charge on any atom is 0.147 e. The van der Waals surface area contributed by atoms with Gasteiger partial charge in [-0.1, -0.05) is 0 Å². The topological polar surface area (TPSA) is 73.1 Å². The van der Waals surface area contributed by atoms with Crippen molar-refractivity contribution >= 4 is 0 Å². The van der Waals surface area contributed by atoms with E-state index in [2.05, 4.69) is 25.7 Å². The highest BCUT2D eigenvalue weighted by atomic mass is 16.3. The van der Waals surface area contributed by atoms with Crippen LogP contribution in [0, 0.1) is 6.92 Å². The zero-order chi connectivity index (χ0) is 12.5. The molecular formula is C12H17N5O. The zero-order valence-electron chi connectivity index (χ0n) is 10.5. The Hall–Kier alpha value is -1.66. The Labute approximate surface area is 105 Å². The number of nitrogens with two attached hydrogens (primary N) is 1. The van der Waals surface area contributed by atoms with Gasteiger partial charge in [-0.25, -0.2) is 0 Å². The van der Waals surface area contributed by atoms with Crippen molar-refractivity contribution in [3.8, 4) is 0 Å². The molecule has 2 N–H and O–H groups in total. The molecule has 0 spiro atoms. The first-order chi connectivity index (χ1) is 8.76. The van der Waals surface area contributed by atoms with Crippen LogP contribution in [0.5, 0.6) is 0 Å². The quantitative estimate of drug-likeness (QED) is 0.862. The molecule has 0 aliphatic carbocycles. The van der Waals surface area contributed by atoms with Crippen LogP contribution in [0.2, 0.25) is 0 Å². The van der Waals surface area contributed by atoms with Crippen LogP contribution in [-0.4, -0.2) is 26.2 Å². The van der Waals surface area contributed by atoms with Crippen LogP contribution in [0.1, 0.15) is 22.9 Å². The third-order valence-electron chi connectivity index (χ3n) is 3.35. The van der Waals surface area contributed by atoms with E-state index < -0.39 is 0 Å². The minimum atomic E-state index is 0.458. The molecule has 3 rings (SSSR count). The summed E-state index contributed by atoms with van der Waals surface area (Å²) in [4.78, 5) is 2.31. The van der Waals surface area contributed by atoms with E-state index in [1.807, 2.05) is 6.92 Å². The lowest BCUT2D eigenvalue weighted by Gasteiger charge is -2.25. The average molecular weight is 247 g/mol. The molecule has 18 heavy (non-hydrogen) atoms. The van der Waals surface area contributed by atoms with Crippen molar-refractivity contribution in [3.63, 3.8) is 0 Å². The maximum atomic E-state index is 5.73. The van der Waals surface area contributed by atoms with Gasteiger partial charge < -0.3 is 14.7 Å². The first kappa shape index (κ1) is 11.4. The molecule has 1 aliphatic heterocycles. The predicted octanol–water partition coefficient (Wildman–Crippen LogP) is 0.654. The van der Waals surface area contributed by atoms with Crippen molar-refractivity contribution in [2.75, 3.05) is 6.54 Å². The molecule has 2 aromatic heterocycles. The molecule has 0 amide bonds. The van der Waals surface area contributed by atoms with Crippen molar-refractivity contribution < 1.29 is 4.42 Å². The first-order valence-corrected chi connectivity index (χ1v) is 6.13. The molecule has 3 heterocycles. The standard InChI is InChI=1S/C12H17N5O/c1-9-4-10(18-11(9)5-13)6-16-2-3-17-8-14-15-12(17)7-16/h4,8H,2-3,5-7,13H2,1H3. The second-order valence-corrected chi connectivity index (χ2v) is 4.67. The first-order valence-electron chi connectivity index (χ1n) is 6.13. The highest BCUT2D eigenvalue weighted by Crippen LogP contribution is 2.18. The summed E-state index contributed by atoms with van der Waals surface area (Å²) in [6, 6.07) is 2.07. The summed E-state index contributed by atoms with van der Waals surface area (Å²) >= 11 is 0. The molecule has 0 atom stereocenters. The third kappa shape index (κ3) is 2.04. The molecular weight excluding hydrogens is 230 g/mol. The van der Waals surface area contributed by atoms with Gasteiger partial charge in [-0.3, -0.25) is 4.90 Å². The van der Waals surface area contributed by atoms with Gasteiger partial charge in [0.1, 0.15) is 23.7 Å². The molecule has 0 bridgehead atoms. The van der Waals surface area contributed by atoms with Gasteiger partial charge in [0.2, 0.25) is 0 Å². The summed E-state index contributed by atoms with van der Waals surface area (Å²) < 4.78 is 7.82.